The minimum Gasteiger partial charge on any atom is -0.309 e. The van der Waals surface area contributed by atoms with Gasteiger partial charge in [0.1, 0.15) is 0 Å². The highest BCUT2D eigenvalue weighted by Crippen LogP contribution is 2.42. The molecule has 0 bridgehead atoms. The predicted molar refractivity (Wildman–Crippen MR) is 192 cm³/mol. The van der Waals surface area contributed by atoms with Crippen LogP contribution in [0.4, 0.5) is 0 Å². The van der Waals surface area contributed by atoms with Crippen LogP contribution in [-0.4, -0.2) is 17.5 Å². The fourth-order valence-corrected chi connectivity index (χ4v) is 7.03. The zero-order valence-corrected chi connectivity index (χ0v) is 24.6. The van der Waals surface area contributed by atoms with Crippen molar-refractivity contribution >= 4 is 52.0 Å². The molecule has 9 rings (SSSR count). The number of hydrogen-bond donors (Lipinski definition) is 0. The molecule has 2 nitrogen and oxygen atoms in total. The topological polar surface area (TPSA) is 9.86 Å². The van der Waals surface area contributed by atoms with E-state index in [9.17, 15) is 0 Å². The molecule has 0 fully saturated rings. The van der Waals surface area contributed by atoms with Crippen LogP contribution in [0.5, 0.6) is 0 Å². The summed E-state index contributed by atoms with van der Waals surface area (Å²) in [6.45, 7) is 0. The molecule has 3 heteroatoms. The first kappa shape index (κ1) is 26.8. The zero-order valence-electron chi connectivity index (χ0n) is 24.6. The molecule has 9 aromatic rings. The first-order chi connectivity index (χ1) is 21.9. The summed E-state index contributed by atoms with van der Waals surface area (Å²) in [5.74, 6) is 0. The lowest BCUT2D eigenvalue weighted by molar-refractivity contribution is 1.17. The minimum absolute atomic E-state index is 0. The Bertz CT molecular complexity index is 2380. The van der Waals surface area contributed by atoms with Crippen molar-refractivity contribution in [2.45, 2.75) is 0 Å². The van der Waals surface area contributed by atoms with Crippen LogP contribution in [0.1, 0.15) is 0 Å². The lowest BCUT2D eigenvalue weighted by Crippen LogP contribution is -2.01. The van der Waals surface area contributed by atoms with E-state index in [1.165, 1.54) is 71.6 Å². The lowest BCUT2D eigenvalue weighted by atomic mass is 9.95. The normalized spacial score (nSPS) is 11.4. The number of benzene rings is 7. The fraction of sp³-hybridized carbons (Fsp3) is 0. The molecule has 7 aromatic carbocycles. The highest BCUT2D eigenvalue weighted by molar-refractivity contribution is 6.13. The zero-order chi connectivity index (χ0) is 29.0. The third-order valence-corrected chi connectivity index (χ3v) is 8.92. The molecule has 2 heterocycles. The van der Waals surface area contributed by atoms with Crippen LogP contribution in [0.3, 0.4) is 0 Å². The van der Waals surface area contributed by atoms with Crippen LogP contribution < -0.4 is 0 Å². The van der Waals surface area contributed by atoms with Crippen molar-refractivity contribution in [2.24, 2.45) is 0 Å². The van der Waals surface area contributed by atoms with Crippen molar-refractivity contribution in [3.8, 4) is 33.6 Å². The molecule has 0 saturated heterocycles. The van der Waals surface area contributed by atoms with Gasteiger partial charge in [0.05, 0.1) is 27.8 Å². The molecule has 0 aliphatic carbocycles. The molecule has 0 aliphatic heterocycles. The van der Waals surface area contributed by atoms with Gasteiger partial charge < -0.3 is 9.13 Å². The Morgan fingerprint density at radius 1 is 0.311 bits per heavy atom. The molecule has 209 valence electrons. The Balaban J connectivity index is 0.00000300. The first-order valence-corrected chi connectivity index (χ1v) is 15.1. The second-order valence-corrected chi connectivity index (χ2v) is 11.4. The third kappa shape index (κ3) is 4.12. The van der Waals surface area contributed by atoms with Crippen LogP contribution >= 0.6 is 0 Å². The summed E-state index contributed by atoms with van der Waals surface area (Å²) in [7, 11) is 0. The number of para-hydroxylation sites is 4. The van der Waals surface area contributed by atoms with E-state index in [2.05, 4.69) is 179 Å². The van der Waals surface area contributed by atoms with Gasteiger partial charge in [-0.15, -0.1) is 0 Å². The number of rotatable bonds is 4. The lowest BCUT2D eigenvalue weighted by Gasteiger charge is -2.19. The molecular formula is C42H28BN2. The summed E-state index contributed by atoms with van der Waals surface area (Å²) in [5, 5.41) is 5.03. The Kier molecular flexibility index (Phi) is 6.39. The smallest absolute Gasteiger partial charge is 0.0618 e. The molecule has 0 atom stereocenters. The fourth-order valence-electron chi connectivity index (χ4n) is 7.03. The van der Waals surface area contributed by atoms with Crippen LogP contribution in [0.15, 0.2) is 170 Å². The molecule has 2 aromatic heterocycles. The summed E-state index contributed by atoms with van der Waals surface area (Å²) in [4.78, 5) is 0. The van der Waals surface area contributed by atoms with E-state index in [0.717, 1.165) is 5.69 Å². The molecule has 0 amide bonds. The van der Waals surface area contributed by atoms with Gasteiger partial charge in [-0.25, -0.2) is 0 Å². The van der Waals surface area contributed by atoms with Crippen LogP contribution in [0.25, 0.3) is 77.2 Å². The van der Waals surface area contributed by atoms with Gasteiger partial charge >= 0.3 is 0 Å². The number of hydrogen-bond acceptors (Lipinski definition) is 0. The SMILES string of the molecule is [B].c1ccc(-c2cccc(-c3ccccc3)c2-n2c3ccccc3c3cc(-n4c5ccccc5c5ccccc54)ccc32)cc1. The molecule has 0 aliphatic rings. The monoisotopic (exact) mass is 571 g/mol. The highest BCUT2D eigenvalue weighted by atomic mass is 15.0. The van der Waals surface area contributed by atoms with Gasteiger partial charge in [0.25, 0.3) is 0 Å². The van der Waals surface area contributed by atoms with Crippen molar-refractivity contribution < 1.29 is 0 Å². The maximum Gasteiger partial charge on any atom is 0.0618 e. The predicted octanol–water partition coefficient (Wildman–Crippen LogP) is 10.8. The van der Waals surface area contributed by atoms with Crippen molar-refractivity contribution in [1.82, 2.24) is 9.13 Å². The third-order valence-electron chi connectivity index (χ3n) is 8.92. The van der Waals surface area contributed by atoms with Crippen molar-refractivity contribution in [2.75, 3.05) is 0 Å². The van der Waals surface area contributed by atoms with Crippen LogP contribution in [0.2, 0.25) is 0 Å². The van der Waals surface area contributed by atoms with E-state index in [1.807, 2.05) is 0 Å². The molecule has 0 saturated carbocycles. The van der Waals surface area contributed by atoms with Crippen LogP contribution in [-0.2, 0) is 0 Å². The van der Waals surface area contributed by atoms with E-state index >= 15 is 0 Å². The maximum absolute atomic E-state index is 2.48. The molecule has 45 heavy (non-hydrogen) atoms. The standard InChI is InChI=1S/C42H28N2.B/c1-3-14-29(15-4-1)32-21-13-22-33(30-16-5-2-6-17-30)42(32)44-40-25-12-9-20-36(40)37-28-31(26-27-41(37)44)43-38-23-10-7-18-34(38)35-19-8-11-24-39(35)43;/h1-28H;. The van der Waals surface area contributed by atoms with Gasteiger partial charge in [-0.2, -0.15) is 0 Å². The summed E-state index contributed by atoms with van der Waals surface area (Å²) in [5.41, 5.74) is 12.0. The summed E-state index contributed by atoms with van der Waals surface area (Å²) >= 11 is 0. The van der Waals surface area contributed by atoms with Gasteiger partial charge in [-0.1, -0.05) is 133 Å². The van der Waals surface area contributed by atoms with Gasteiger partial charge in [-0.05, 0) is 47.5 Å². The van der Waals surface area contributed by atoms with Gasteiger partial charge in [0, 0.05) is 46.8 Å². The summed E-state index contributed by atoms with van der Waals surface area (Å²) in [6, 6.07) is 61.4. The Morgan fingerprint density at radius 3 is 1.27 bits per heavy atom. The van der Waals surface area contributed by atoms with Gasteiger partial charge in [0.15, 0.2) is 0 Å². The van der Waals surface area contributed by atoms with E-state index in [4.69, 9.17) is 0 Å². The number of fused-ring (bicyclic) bond motifs is 6. The molecule has 3 radical (unpaired) electrons. The summed E-state index contributed by atoms with van der Waals surface area (Å²) < 4.78 is 4.88. The van der Waals surface area contributed by atoms with E-state index in [1.54, 1.807) is 0 Å². The first-order valence-electron chi connectivity index (χ1n) is 15.1. The molecule has 0 unspecified atom stereocenters. The van der Waals surface area contributed by atoms with E-state index in [0.29, 0.717) is 0 Å². The number of aromatic nitrogens is 2. The molecular weight excluding hydrogens is 543 g/mol. The average Bonchev–Trinajstić information content (AvgIpc) is 3.61. The second kappa shape index (κ2) is 10.7. The average molecular weight is 572 g/mol. The van der Waals surface area contributed by atoms with Crippen molar-refractivity contribution in [1.29, 1.82) is 0 Å². The molecule has 0 N–H and O–H groups in total. The van der Waals surface area contributed by atoms with Crippen molar-refractivity contribution in [3.63, 3.8) is 0 Å². The second-order valence-electron chi connectivity index (χ2n) is 11.4. The highest BCUT2D eigenvalue weighted by Gasteiger charge is 2.20. The minimum atomic E-state index is 0. The van der Waals surface area contributed by atoms with Gasteiger partial charge in [-0.3, -0.25) is 0 Å². The Labute approximate surface area is 264 Å². The van der Waals surface area contributed by atoms with Crippen LogP contribution in [0, 0.1) is 0 Å². The number of nitrogens with zero attached hydrogens (tertiary/aromatic N) is 2. The Morgan fingerprint density at radius 2 is 0.733 bits per heavy atom. The summed E-state index contributed by atoms with van der Waals surface area (Å²) in [6.07, 6.45) is 0. The van der Waals surface area contributed by atoms with E-state index < -0.39 is 0 Å². The Hall–Kier alpha value is -5.80. The van der Waals surface area contributed by atoms with Crippen molar-refractivity contribution in [3.05, 3.63) is 170 Å². The quantitative estimate of drug-likeness (QED) is 0.186. The largest absolute Gasteiger partial charge is 0.309 e. The maximum atomic E-state index is 2.48. The van der Waals surface area contributed by atoms with E-state index in [-0.39, 0.29) is 8.41 Å². The van der Waals surface area contributed by atoms with Gasteiger partial charge in [0.2, 0.25) is 0 Å². The molecule has 0 spiro atoms.